The molecule has 1 aliphatic carbocycles. The molecule has 1 rings (SSSR count). The molecular formula is C24H46N2O2. The van der Waals surface area contributed by atoms with E-state index in [1.54, 1.807) is 0 Å². The molecule has 0 aromatic heterocycles. The summed E-state index contributed by atoms with van der Waals surface area (Å²) < 4.78 is 0. The minimum atomic E-state index is -0.152. The van der Waals surface area contributed by atoms with Gasteiger partial charge >= 0.3 is 0 Å². The van der Waals surface area contributed by atoms with Crippen LogP contribution in [0.1, 0.15) is 107 Å². The van der Waals surface area contributed by atoms with Gasteiger partial charge in [-0.1, -0.05) is 81.1 Å². The standard InChI is InChI=1S/C24H46N2O2/c1-9-13-15-17(11-3)19(27)25-21-23(5,6)22(24(21,7)8)26-20(28)18(12-4)16-14-10-2/h17-18,21-22H,9-16H2,1-8H3,(H,25,27)(H,26,28). The van der Waals surface area contributed by atoms with Gasteiger partial charge in [-0.05, 0) is 25.7 Å². The Balaban J connectivity index is 2.79. The summed E-state index contributed by atoms with van der Waals surface area (Å²) in [6.07, 6.45) is 8.12. The SMILES string of the molecule is CCCCC(CC)C(=O)NC1C(C)(C)C(NC(=O)C(CC)CCCC)C1(C)C. The van der Waals surface area contributed by atoms with Gasteiger partial charge in [0.2, 0.25) is 11.8 Å². The molecule has 1 aliphatic rings. The number of carbonyl (C=O) groups is 2. The summed E-state index contributed by atoms with van der Waals surface area (Å²) in [5.74, 6) is 0.555. The summed E-state index contributed by atoms with van der Waals surface area (Å²) in [6.45, 7) is 17.2. The van der Waals surface area contributed by atoms with Crippen LogP contribution in [-0.2, 0) is 9.59 Å². The normalized spacial score (nSPS) is 24.7. The third-order valence-corrected chi connectivity index (χ3v) is 7.09. The largest absolute Gasteiger partial charge is 0.352 e. The molecule has 2 N–H and O–H groups in total. The first-order valence-electron chi connectivity index (χ1n) is 11.7. The van der Waals surface area contributed by atoms with E-state index >= 15 is 0 Å². The highest BCUT2D eigenvalue weighted by atomic mass is 16.2. The molecule has 4 heteroatoms. The number of amides is 2. The van der Waals surface area contributed by atoms with Gasteiger partial charge in [0, 0.05) is 34.7 Å². The van der Waals surface area contributed by atoms with Gasteiger partial charge in [-0.3, -0.25) is 9.59 Å². The number of carbonyl (C=O) groups excluding carboxylic acids is 2. The van der Waals surface area contributed by atoms with Crippen molar-refractivity contribution in [2.24, 2.45) is 22.7 Å². The van der Waals surface area contributed by atoms with Gasteiger partial charge in [0.15, 0.2) is 0 Å². The minimum absolute atomic E-state index is 0.0733. The van der Waals surface area contributed by atoms with Crippen LogP contribution in [0.4, 0.5) is 0 Å². The second-order valence-corrected chi connectivity index (χ2v) is 10.0. The smallest absolute Gasteiger partial charge is 0.223 e. The summed E-state index contributed by atoms with van der Waals surface area (Å²) in [4.78, 5) is 25.7. The second-order valence-electron chi connectivity index (χ2n) is 10.0. The average molecular weight is 395 g/mol. The maximum atomic E-state index is 12.9. The Morgan fingerprint density at radius 1 is 0.714 bits per heavy atom. The summed E-state index contributed by atoms with van der Waals surface area (Å²) >= 11 is 0. The van der Waals surface area contributed by atoms with E-state index in [0.717, 1.165) is 51.4 Å². The maximum absolute atomic E-state index is 12.9. The van der Waals surface area contributed by atoms with E-state index in [-0.39, 0.29) is 46.6 Å². The zero-order chi connectivity index (χ0) is 21.5. The summed E-state index contributed by atoms with van der Waals surface area (Å²) in [6, 6.07) is 0.147. The number of unbranched alkanes of at least 4 members (excludes halogenated alkanes) is 2. The van der Waals surface area contributed by atoms with E-state index < -0.39 is 0 Å². The highest BCUT2D eigenvalue weighted by molar-refractivity contribution is 5.81. The van der Waals surface area contributed by atoms with Crippen LogP contribution in [-0.4, -0.2) is 23.9 Å². The first kappa shape index (κ1) is 25.0. The van der Waals surface area contributed by atoms with Crippen molar-refractivity contribution in [3.63, 3.8) is 0 Å². The maximum Gasteiger partial charge on any atom is 0.223 e. The molecule has 0 radical (unpaired) electrons. The van der Waals surface area contributed by atoms with Crippen molar-refractivity contribution >= 4 is 11.8 Å². The van der Waals surface area contributed by atoms with E-state index in [2.05, 4.69) is 66.0 Å². The van der Waals surface area contributed by atoms with Crippen molar-refractivity contribution in [1.82, 2.24) is 10.6 Å². The number of rotatable bonds is 12. The molecule has 0 heterocycles. The Morgan fingerprint density at radius 2 is 1.04 bits per heavy atom. The first-order valence-corrected chi connectivity index (χ1v) is 11.7. The number of hydrogen-bond acceptors (Lipinski definition) is 2. The van der Waals surface area contributed by atoms with Crippen molar-refractivity contribution in [2.75, 3.05) is 0 Å². The van der Waals surface area contributed by atoms with Gasteiger partial charge < -0.3 is 10.6 Å². The van der Waals surface area contributed by atoms with E-state index in [9.17, 15) is 9.59 Å². The quantitative estimate of drug-likeness (QED) is 0.462. The molecule has 2 amide bonds. The van der Waals surface area contributed by atoms with Gasteiger partial charge in [-0.25, -0.2) is 0 Å². The summed E-state index contributed by atoms with van der Waals surface area (Å²) in [5.41, 5.74) is -0.304. The van der Waals surface area contributed by atoms with Crippen molar-refractivity contribution in [3.8, 4) is 0 Å². The monoisotopic (exact) mass is 394 g/mol. The Hall–Kier alpha value is -1.06. The fourth-order valence-electron chi connectivity index (χ4n) is 5.36. The van der Waals surface area contributed by atoms with Gasteiger partial charge in [-0.15, -0.1) is 0 Å². The molecule has 28 heavy (non-hydrogen) atoms. The molecule has 0 aromatic carbocycles. The van der Waals surface area contributed by atoms with E-state index in [4.69, 9.17) is 0 Å². The zero-order valence-electron chi connectivity index (χ0n) is 19.8. The van der Waals surface area contributed by atoms with E-state index in [1.165, 1.54) is 0 Å². The fourth-order valence-corrected chi connectivity index (χ4v) is 5.36. The predicted octanol–water partition coefficient (Wildman–Crippen LogP) is 5.45. The van der Waals surface area contributed by atoms with E-state index in [1.807, 2.05) is 0 Å². The van der Waals surface area contributed by atoms with Crippen molar-refractivity contribution in [3.05, 3.63) is 0 Å². The van der Waals surface area contributed by atoms with Crippen LogP contribution in [0.3, 0.4) is 0 Å². The Morgan fingerprint density at radius 3 is 1.29 bits per heavy atom. The summed E-state index contributed by atoms with van der Waals surface area (Å²) in [5, 5.41) is 6.69. The van der Waals surface area contributed by atoms with Gasteiger partial charge in [-0.2, -0.15) is 0 Å². The zero-order valence-corrected chi connectivity index (χ0v) is 19.8. The highest BCUT2D eigenvalue weighted by Gasteiger charge is 2.62. The van der Waals surface area contributed by atoms with Gasteiger partial charge in [0.05, 0.1) is 0 Å². The third kappa shape index (κ3) is 5.51. The average Bonchev–Trinajstić information content (AvgIpc) is 2.64. The van der Waals surface area contributed by atoms with Gasteiger partial charge in [0.25, 0.3) is 0 Å². The first-order chi connectivity index (χ1) is 13.1. The molecule has 164 valence electrons. The second kappa shape index (κ2) is 10.6. The van der Waals surface area contributed by atoms with Crippen molar-refractivity contribution in [2.45, 2.75) is 119 Å². The van der Waals surface area contributed by atoms with Crippen LogP contribution in [0.5, 0.6) is 0 Å². The third-order valence-electron chi connectivity index (χ3n) is 7.09. The lowest BCUT2D eigenvalue weighted by Crippen LogP contribution is -2.78. The lowest BCUT2D eigenvalue weighted by molar-refractivity contribution is -0.146. The Kier molecular flexibility index (Phi) is 9.49. The van der Waals surface area contributed by atoms with Crippen molar-refractivity contribution in [1.29, 1.82) is 0 Å². The molecule has 0 aliphatic heterocycles. The summed E-state index contributed by atoms with van der Waals surface area (Å²) in [7, 11) is 0. The van der Waals surface area contributed by atoms with Crippen LogP contribution >= 0.6 is 0 Å². The van der Waals surface area contributed by atoms with Crippen LogP contribution in [0.25, 0.3) is 0 Å². The molecule has 2 unspecified atom stereocenters. The molecular weight excluding hydrogens is 348 g/mol. The molecule has 1 fully saturated rings. The van der Waals surface area contributed by atoms with Crippen LogP contribution in [0.15, 0.2) is 0 Å². The molecule has 0 saturated heterocycles. The number of hydrogen-bond donors (Lipinski definition) is 2. The van der Waals surface area contributed by atoms with Crippen LogP contribution in [0, 0.1) is 22.7 Å². The molecule has 1 saturated carbocycles. The Bertz CT molecular complexity index is 455. The van der Waals surface area contributed by atoms with Crippen LogP contribution < -0.4 is 10.6 Å². The minimum Gasteiger partial charge on any atom is -0.352 e. The Labute approximate surface area is 174 Å². The van der Waals surface area contributed by atoms with Crippen molar-refractivity contribution < 1.29 is 9.59 Å². The highest BCUT2D eigenvalue weighted by Crippen LogP contribution is 2.54. The molecule has 0 spiro atoms. The topological polar surface area (TPSA) is 58.2 Å². The molecule has 2 atom stereocenters. The van der Waals surface area contributed by atoms with Crippen LogP contribution in [0.2, 0.25) is 0 Å². The van der Waals surface area contributed by atoms with Gasteiger partial charge in [0.1, 0.15) is 0 Å². The fraction of sp³-hybridized carbons (Fsp3) is 0.917. The number of nitrogens with one attached hydrogen (secondary N) is 2. The molecule has 4 nitrogen and oxygen atoms in total. The van der Waals surface area contributed by atoms with E-state index in [0.29, 0.717) is 0 Å². The predicted molar refractivity (Wildman–Crippen MR) is 118 cm³/mol. The lowest BCUT2D eigenvalue weighted by Gasteiger charge is -2.64. The molecule has 0 bridgehead atoms. The molecule has 0 aromatic rings. The lowest BCUT2D eigenvalue weighted by atomic mass is 9.48.